The number of halogens is 3. The zero-order valence-electron chi connectivity index (χ0n) is 18.9. The van der Waals surface area contributed by atoms with Gasteiger partial charge in [0.1, 0.15) is 21.8 Å². The summed E-state index contributed by atoms with van der Waals surface area (Å²) in [7, 11) is -3.13. The Labute approximate surface area is 201 Å². The number of rotatable bonds is 8. The van der Waals surface area contributed by atoms with Crippen LogP contribution in [0.5, 0.6) is 5.75 Å². The lowest BCUT2D eigenvalue weighted by atomic mass is 9.98. The van der Waals surface area contributed by atoms with E-state index < -0.39 is 44.9 Å². The lowest BCUT2D eigenvalue weighted by Crippen LogP contribution is -2.34. The molecule has 1 atom stereocenters. The van der Waals surface area contributed by atoms with Crippen LogP contribution >= 0.6 is 0 Å². The molecule has 2 aromatic carbocycles. The lowest BCUT2D eigenvalue weighted by Gasteiger charge is -2.21. The molecule has 1 aliphatic rings. The van der Waals surface area contributed by atoms with Crippen molar-refractivity contribution >= 4 is 26.4 Å². The third kappa shape index (κ3) is 6.34. The Morgan fingerprint density at radius 3 is 2.43 bits per heavy atom. The molecule has 188 valence electrons. The smallest absolute Gasteiger partial charge is 0.416 e. The standard InChI is InChI=1S/C24H25F3N2O5S/c1-33-20-13-16(12-18(28)23(30)19-7-2-3-10-34-19)8-9-21(20)35(31,32)22(29)14-15-5-4-6-17(11-15)24(25,26)27/h4-6,8-9,11,13,19,28-29H,2-3,7,10,12,14H2,1H3. The van der Waals surface area contributed by atoms with Gasteiger partial charge in [0.25, 0.3) is 0 Å². The second-order valence-corrected chi connectivity index (χ2v) is 10.1. The second kappa shape index (κ2) is 10.7. The summed E-state index contributed by atoms with van der Waals surface area (Å²) < 4.78 is 75.5. The molecule has 3 rings (SSSR count). The quantitative estimate of drug-likeness (QED) is 0.403. The van der Waals surface area contributed by atoms with Crippen molar-refractivity contribution in [2.45, 2.75) is 49.3 Å². The Morgan fingerprint density at radius 1 is 1.09 bits per heavy atom. The maximum Gasteiger partial charge on any atom is 0.416 e. The van der Waals surface area contributed by atoms with Crippen molar-refractivity contribution in [3.8, 4) is 5.75 Å². The van der Waals surface area contributed by atoms with Gasteiger partial charge in [-0.05, 0) is 48.6 Å². The molecule has 11 heteroatoms. The highest BCUT2D eigenvalue weighted by atomic mass is 32.2. The maximum atomic E-state index is 13.0. The minimum absolute atomic E-state index is 0.0286. The van der Waals surface area contributed by atoms with Crippen molar-refractivity contribution < 1.29 is 35.9 Å². The van der Waals surface area contributed by atoms with E-state index >= 15 is 0 Å². The molecule has 1 saturated heterocycles. The first-order valence-electron chi connectivity index (χ1n) is 10.8. The van der Waals surface area contributed by atoms with Gasteiger partial charge in [0, 0.05) is 19.4 Å². The molecule has 0 spiro atoms. The van der Waals surface area contributed by atoms with Gasteiger partial charge in [-0.15, -0.1) is 0 Å². The first-order valence-corrected chi connectivity index (χ1v) is 12.3. The second-order valence-electron chi connectivity index (χ2n) is 8.16. The summed E-state index contributed by atoms with van der Waals surface area (Å²) in [6.45, 7) is 0.469. The van der Waals surface area contributed by atoms with E-state index in [1.165, 1.54) is 31.4 Å². The molecule has 0 bridgehead atoms. The number of ether oxygens (including phenoxy) is 2. The number of ketones is 1. The van der Waals surface area contributed by atoms with Crippen LogP contribution in [0, 0.1) is 10.8 Å². The minimum atomic E-state index is -4.59. The number of nitrogens with one attached hydrogen (secondary N) is 2. The third-order valence-electron chi connectivity index (χ3n) is 5.61. The number of carbonyl (C=O) groups is 1. The molecule has 1 heterocycles. The monoisotopic (exact) mass is 510 g/mol. The molecule has 7 nitrogen and oxygen atoms in total. The Hall–Kier alpha value is -3.05. The van der Waals surface area contributed by atoms with Gasteiger partial charge in [0.05, 0.1) is 18.4 Å². The fraction of sp³-hybridized carbons (Fsp3) is 0.375. The van der Waals surface area contributed by atoms with Gasteiger partial charge in [0.2, 0.25) is 15.6 Å². The molecule has 0 amide bonds. The van der Waals surface area contributed by atoms with Crippen molar-refractivity contribution in [2.75, 3.05) is 13.7 Å². The van der Waals surface area contributed by atoms with E-state index in [4.69, 9.17) is 20.3 Å². The van der Waals surface area contributed by atoms with Crippen LogP contribution < -0.4 is 4.74 Å². The Morgan fingerprint density at radius 2 is 1.80 bits per heavy atom. The summed E-state index contributed by atoms with van der Waals surface area (Å²) in [4.78, 5) is 12.1. The SMILES string of the molecule is COc1cc(CC(=N)C(=O)C2CCCCO2)ccc1S(=O)(=O)C(=N)Cc1cccc(C(F)(F)F)c1. The van der Waals surface area contributed by atoms with E-state index in [0.29, 0.717) is 18.6 Å². The van der Waals surface area contributed by atoms with E-state index in [1.807, 2.05) is 0 Å². The fourth-order valence-electron chi connectivity index (χ4n) is 3.75. The molecule has 1 aliphatic heterocycles. The number of Topliss-reactive ketones (excluding diaryl/α,β-unsaturated/α-hetero) is 1. The van der Waals surface area contributed by atoms with Crippen LogP contribution in [0.2, 0.25) is 0 Å². The number of alkyl halides is 3. The number of carbonyl (C=O) groups excluding carboxylic acids is 1. The van der Waals surface area contributed by atoms with Gasteiger partial charge < -0.3 is 14.9 Å². The molecular formula is C24H25F3N2O5S. The zero-order valence-corrected chi connectivity index (χ0v) is 19.8. The molecular weight excluding hydrogens is 485 g/mol. The summed E-state index contributed by atoms with van der Waals surface area (Å²) in [6, 6.07) is 8.14. The topological polar surface area (TPSA) is 117 Å². The highest BCUT2D eigenvalue weighted by Crippen LogP contribution is 2.31. The van der Waals surface area contributed by atoms with Crippen molar-refractivity contribution in [3.05, 3.63) is 59.2 Å². The van der Waals surface area contributed by atoms with E-state index in [1.54, 1.807) is 0 Å². The zero-order chi connectivity index (χ0) is 25.8. The summed E-state index contributed by atoms with van der Waals surface area (Å²) in [5.41, 5.74) is -0.621. The molecule has 0 radical (unpaired) electrons. The van der Waals surface area contributed by atoms with Gasteiger partial charge in [-0.3, -0.25) is 10.2 Å². The molecule has 0 aromatic heterocycles. The van der Waals surface area contributed by atoms with Crippen LogP contribution in [0.25, 0.3) is 0 Å². The molecule has 0 saturated carbocycles. The van der Waals surface area contributed by atoms with Gasteiger partial charge in [-0.1, -0.05) is 24.3 Å². The average Bonchev–Trinajstić information content (AvgIpc) is 2.83. The molecule has 2 N–H and O–H groups in total. The molecule has 35 heavy (non-hydrogen) atoms. The van der Waals surface area contributed by atoms with E-state index in [0.717, 1.165) is 31.0 Å². The van der Waals surface area contributed by atoms with Crippen LogP contribution in [0.1, 0.15) is 36.0 Å². The van der Waals surface area contributed by atoms with Gasteiger partial charge in [-0.25, -0.2) is 8.42 Å². The summed E-state index contributed by atoms with van der Waals surface area (Å²) in [5.74, 6) is -0.506. The number of sulfone groups is 1. The third-order valence-corrected chi connectivity index (χ3v) is 7.32. The van der Waals surface area contributed by atoms with Crippen LogP contribution in [0.15, 0.2) is 47.4 Å². The van der Waals surface area contributed by atoms with E-state index in [-0.39, 0.29) is 28.3 Å². The average molecular weight is 511 g/mol. The van der Waals surface area contributed by atoms with Crippen molar-refractivity contribution in [2.24, 2.45) is 0 Å². The predicted octanol–water partition coefficient (Wildman–Crippen LogP) is 4.41. The van der Waals surface area contributed by atoms with Crippen LogP contribution in [0.4, 0.5) is 13.2 Å². The van der Waals surface area contributed by atoms with Crippen LogP contribution in [-0.4, -0.2) is 44.8 Å². The number of benzene rings is 2. The van der Waals surface area contributed by atoms with Crippen LogP contribution in [-0.2, 0) is 38.4 Å². The first-order chi connectivity index (χ1) is 16.4. The molecule has 2 aromatic rings. The van der Waals surface area contributed by atoms with Gasteiger partial charge >= 0.3 is 6.18 Å². The molecule has 1 unspecified atom stereocenters. The predicted molar refractivity (Wildman–Crippen MR) is 123 cm³/mol. The Bertz CT molecular complexity index is 1240. The summed E-state index contributed by atoms with van der Waals surface area (Å²) in [5, 5.41) is 15.4. The lowest BCUT2D eigenvalue weighted by molar-refractivity contribution is -0.137. The van der Waals surface area contributed by atoms with E-state index in [2.05, 4.69) is 0 Å². The van der Waals surface area contributed by atoms with Gasteiger partial charge in [-0.2, -0.15) is 13.2 Å². The van der Waals surface area contributed by atoms with Gasteiger partial charge in [0.15, 0.2) is 0 Å². The minimum Gasteiger partial charge on any atom is -0.495 e. The molecule has 0 aliphatic carbocycles. The highest BCUT2D eigenvalue weighted by molar-refractivity contribution is 8.06. The number of methoxy groups -OCH3 is 1. The first kappa shape index (κ1) is 26.6. The van der Waals surface area contributed by atoms with Crippen LogP contribution in [0.3, 0.4) is 0 Å². The fourth-order valence-corrected chi connectivity index (χ4v) is 5.02. The highest BCUT2D eigenvalue weighted by Gasteiger charge is 2.31. The normalized spacial score (nSPS) is 16.5. The maximum absolute atomic E-state index is 13.0. The van der Waals surface area contributed by atoms with E-state index in [9.17, 15) is 26.4 Å². The van der Waals surface area contributed by atoms with Crippen molar-refractivity contribution in [1.82, 2.24) is 0 Å². The summed E-state index contributed by atoms with van der Waals surface area (Å²) >= 11 is 0. The Balaban J connectivity index is 1.78. The Kier molecular flexibility index (Phi) is 8.11. The largest absolute Gasteiger partial charge is 0.495 e. The van der Waals surface area contributed by atoms with Crippen molar-refractivity contribution in [3.63, 3.8) is 0 Å². The molecule has 1 fully saturated rings. The van der Waals surface area contributed by atoms with Crippen molar-refractivity contribution in [1.29, 1.82) is 10.8 Å². The number of hydrogen-bond donors (Lipinski definition) is 2. The number of hydrogen-bond acceptors (Lipinski definition) is 7. The summed E-state index contributed by atoms with van der Waals surface area (Å²) in [6.07, 6.45) is -3.56.